The van der Waals surface area contributed by atoms with Crippen molar-refractivity contribution in [3.05, 3.63) is 5.82 Å². The summed E-state index contributed by atoms with van der Waals surface area (Å²) >= 11 is 0. The summed E-state index contributed by atoms with van der Waals surface area (Å²) in [5.74, 6) is 0.711. The zero-order valence-corrected chi connectivity index (χ0v) is 9.85. The summed E-state index contributed by atoms with van der Waals surface area (Å²) in [7, 11) is 3.42. The van der Waals surface area contributed by atoms with Gasteiger partial charge in [0.15, 0.2) is 5.82 Å². The van der Waals surface area contributed by atoms with Crippen LogP contribution < -0.4 is 5.32 Å². The van der Waals surface area contributed by atoms with Gasteiger partial charge in [-0.25, -0.2) is 0 Å². The average molecular weight is 229 g/mol. The molecular formula is C9H19N5O2. The van der Waals surface area contributed by atoms with Crippen molar-refractivity contribution in [2.75, 3.05) is 33.5 Å². The van der Waals surface area contributed by atoms with Crippen LogP contribution in [0.2, 0.25) is 0 Å². The minimum absolute atomic E-state index is 0.645. The molecule has 7 heteroatoms. The number of tetrazole rings is 1. The van der Waals surface area contributed by atoms with Crippen LogP contribution in [0.3, 0.4) is 0 Å². The van der Waals surface area contributed by atoms with Gasteiger partial charge in [-0.05, 0) is 18.2 Å². The molecule has 7 nitrogen and oxygen atoms in total. The van der Waals surface area contributed by atoms with Gasteiger partial charge in [0.05, 0.1) is 26.8 Å². The van der Waals surface area contributed by atoms with E-state index < -0.39 is 0 Å². The van der Waals surface area contributed by atoms with E-state index in [9.17, 15) is 0 Å². The lowest BCUT2D eigenvalue weighted by atomic mass is 10.4. The van der Waals surface area contributed by atoms with Crippen molar-refractivity contribution in [1.29, 1.82) is 0 Å². The van der Waals surface area contributed by atoms with Gasteiger partial charge in [-0.3, -0.25) is 0 Å². The molecule has 0 aromatic carbocycles. The maximum atomic E-state index is 5.32. The fourth-order valence-electron chi connectivity index (χ4n) is 1.14. The smallest absolute Gasteiger partial charge is 0.188 e. The Morgan fingerprint density at radius 1 is 1.31 bits per heavy atom. The first-order chi connectivity index (χ1) is 7.83. The lowest BCUT2D eigenvalue weighted by Gasteiger charge is -2.03. The highest BCUT2D eigenvalue weighted by Crippen LogP contribution is 1.85. The standard InChI is InChI=1S/C9H19N5O2/c1-14-12-9(11-13-14)8-10-4-3-5-16-7-6-15-2/h10H,3-8H2,1-2H3. The Morgan fingerprint density at radius 3 is 2.88 bits per heavy atom. The molecule has 0 bridgehead atoms. The first-order valence-corrected chi connectivity index (χ1v) is 5.33. The topological polar surface area (TPSA) is 74.1 Å². The lowest BCUT2D eigenvalue weighted by Crippen LogP contribution is -2.17. The second-order valence-corrected chi connectivity index (χ2v) is 3.33. The quantitative estimate of drug-likeness (QED) is 0.567. The van der Waals surface area contributed by atoms with Gasteiger partial charge in [0.2, 0.25) is 0 Å². The molecule has 92 valence electrons. The second kappa shape index (κ2) is 8.14. The number of nitrogens with zero attached hydrogens (tertiary/aromatic N) is 4. The highest BCUT2D eigenvalue weighted by atomic mass is 16.5. The zero-order chi connectivity index (χ0) is 11.6. The molecule has 0 saturated heterocycles. The van der Waals surface area contributed by atoms with Crippen molar-refractivity contribution in [3.63, 3.8) is 0 Å². The minimum Gasteiger partial charge on any atom is -0.382 e. The van der Waals surface area contributed by atoms with Gasteiger partial charge in [-0.2, -0.15) is 4.80 Å². The Morgan fingerprint density at radius 2 is 2.19 bits per heavy atom. The summed E-state index contributed by atoms with van der Waals surface area (Å²) in [5.41, 5.74) is 0. The Kier molecular flexibility index (Phi) is 6.62. The van der Waals surface area contributed by atoms with E-state index in [-0.39, 0.29) is 0 Å². The van der Waals surface area contributed by atoms with E-state index in [0.29, 0.717) is 25.6 Å². The number of aromatic nitrogens is 4. The average Bonchev–Trinajstić information content (AvgIpc) is 2.68. The molecule has 1 heterocycles. The summed E-state index contributed by atoms with van der Waals surface area (Å²) in [5, 5.41) is 14.9. The van der Waals surface area contributed by atoms with Crippen LogP contribution in [0.15, 0.2) is 0 Å². The van der Waals surface area contributed by atoms with Crippen molar-refractivity contribution < 1.29 is 9.47 Å². The van der Waals surface area contributed by atoms with Gasteiger partial charge < -0.3 is 14.8 Å². The number of hydrogen-bond donors (Lipinski definition) is 1. The van der Waals surface area contributed by atoms with Gasteiger partial charge in [0, 0.05) is 13.7 Å². The van der Waals surface area contributed by atoms with Crippen LogP contribution in [0.1, 0.15) is 12.2 Å². The van der Waals surface area contributed by atoms with Crippen LogP contribution in [0, 0.1) is 0 Å². The molecule has 0 saturated carbocycles. The molecule has 1 aromatic rings. The third-order valence-corrected chi connectivity index (χ3v) is 1.91. The Labute approximate surface area is 95.1 Å². The van der Waals surface area contributed by atoms with Gasteiger partial charge in [-0.1, -0.05) is 0 Å². The van der Waals surface area contributed by atoms with Crippen molar-refractivity contribution in [2.24, 2.45) is 7.05 Å². The number of hydrogen-bond acceptors (Lipinski definition) is 6. The number of ether oxygens (including phenoxy) is 2. The van der Waals surface area contributed by atoms with E-state index in [1.165, 1.54) is 4.80 Å². The van der Waals surface area contributed by atoms with Crippen molar-refractivity contribution >= 4 is 0 Å². The van der Waals surface area contributed by atoms with Crippen LogP contribution in [0.25, 0.3) is 0 Å². The molecule has 1 aromatic heterocycles. The van der Waals surface area contributed by atoms with Crippen LogP contribution in [0.5, 0.6) is 0 Å². The van der Waals surface area contributed by atoms with E-state index in [0.717, 1.165) is 19.6 Å². The summed E-state index contributed by atoms with van der Waals surface area (Å²) in [6.07, 6.45) is 0.962. The molecule has 0 radical (unpaired) electrons. The second-order valence-electron chi connectivity index (χ2n) is 3.33. The van der Waals surface area contributed by atoms with Gasteiger partial charge in [0.1, 0.15) is 0 Å². The molecule has 0 atom stereocenters. The molecule has 1 rings (SSSR count). The Bertz CT molecular complexity index is 279. The van der Waals surface area contributed by atoms with Crippen LogP contribution in [-0.2, 0) is 23.1 Å². The predicted molar refractivity (Wildman–Crippen MR) is 57.8 cm³/mol. The van der Waals surface area contributed by atoms with Crippen LogP contribution >= 0.6 is 0 Å². The molecule has 16 heavy (non-hydrogen) atoms. The minimum atomic E-state index is 0.645. The Hall–Kier alpha value is -1.05. The summed E-state index contributed by atoms with van der Waals surface area (Å²) in [6, 6.07) is 0. The largest absolute Gasteiger partial charge is 0.382 e. The third-order valence-electron chi connectivity index (χ3n) is 1.91. The van der Waals surface area contributed by atoms with E-state index in [1.807, 2.05) is 0 Å². The molecule has 0 spiro atoms. The molecule has 0 aliphatic heterocycles. The molecule has 0 aliphatic rings. The first kappa shape index (κ1) is 13.0. The van der Waals surface area contributed by atoms with Crippen molar-refractivity contribution in [2.45, 2.75) is 13.0 Å². The number of aryl methyl sites for hydroxylation is 1. The van der Waals surface area contributed by atoms with Crippen molar-refractivity contribution in [1.82, 2.24) is 25.5 Å². The maximum absolute atomic E-state index is 5.32. The normalized spacial score (nSPS) is 10.9. The molecular weight excluding hydrogens is 210 g/mol. The van der Waals surface area contributed by atoms with E-state index in [4.69, 9.17) is 9.47 Å². The number of rotatable bonds is 9. The van der Waals surface area contributed by atoms with E-state index in [2.05, 4.69) is 20.7 Å². The highest BCUT2D eigenvalue weighted by Gasteiger charge is 1.98. The van der Waals surface area contributed by atoms with Crippen LogP contribution in [0.4, 0.5) is 0 Å². The molecule has 0 unspecified atom stereocenters. The van der Waals surface area contributed by atoms with Gasteiger partial charge in [0.25, 0.3) is 0 Å². The van der Waals surface area contributed by atoms with Gasteiger partial charge >= 0.3 is 0 Å². The van der Waals surface area contributed by atoms with Crippen LogP contribution in [-0.4, -0.2) is 53.7 Å². The number of nitrogens with one attached hydrogen (secondary N) is 1. The molecule has 0 fully saturated rings. The SMILES string of the molecule is COCCOCCCNCc1nnn(C)n1. The fraction of sp³-hybridized carbons (Fsp3) is 0.889. The van der Waals surface area contributed by atoms with Gasteiger partial charge in [-0.15, -0.1) is 10.2 Å². The Balaban J connectivity index is 1.88. The predicted octanol–water partition coefficient (Wildman–Crippen LogP) is -0.647. The molecule has 0 aliphatic carbocycles. The van der Waals surface area contributed by atoms with E-state index >= 15 is 0 Å². The zero-order valence-electron chi connectivity index (χ0n) is 9.85. The first-order valence-electron chi connectivity index (χ1n) is 5.33. The third kappa shape index (κ3) is 5.74. The lowest BCUT2D eigenvalue weighted by molar-refractivity contribution is 0.0694. The maximum Gasteiger partial charge on any atom is 0.188 e. The summed E-state index contributed by atoms with van der Waals surface area (Å²) in [6.45, 7) is 3.57. The summed E-state index contributed by atoms with van der Waals surface area (Å²) in [4.78, 5) is 1.45. The fourth-order valence-corrected chi connectivity index (χ4v) is 1.14. The number of methoxy groups -OCH3 is 1. The highest BCUT2D eigenvalue weighted by molar-refractivity contribution is 4.74. The van der Waals surface area contributed by atoms with Crippen molar-refractivity contribution in [3.8, 4) is 0 Å². The monoisotopic (exact) mass is 229 g/mol. The van der Waals surface area contributed by atoms with E-state index in [1.54, 1.807) is 14.2 Å². The molecule has 0 amide bonds. The molecule has 1 N–H and O–H groups in total. The summed E-state index contributed by atoms with van der Waals surface area (Å²) < 4.78 is 10.2.